The number of amides is 2. The normalized spacial score (nSPS) is 14.6. The first kappa shape index (κ1) is 22.7. The molecule has 3 aromatic rings. The number of nitrogens with one attached hydrogen (secondary N) is 2. The molecule has 172 valence electrons. The summed E-state index contributed by atoms with van der Waals surface area (Å²) in [6, 6.07) is 15.7. The van der Waals surface area contributed by atoms with Crippen molar-refractivity contribution in [2.45, 2.75) is 24.8 Å². The fourth-order valence-corrected chi connectivity index (χ4v) is 5.02. The van der Waals surface area contributed by atoms with Crippen molar-refractivity contribution in [2.75, 3.05) is 25.0 Å². The third-order valence-electron chi connectivity index (χ3n) is 5.46. The van der Waals surface area contributed by atoms with Gasteiger partial charge < -0.3 is 10.6 Å². The van der Waals surface area contributed by atoms with Crippen LogP contribution in [0.5, 0.6) is 0 Å². The molecule has 1 fully saturated rings. The summed E-state index contributed by atoms with van der Waals surface area (Å²) >= 11 is 0. The highest BCUT2D eigenvalue weighted by atomic mass is 32.2. The second-order valence-corrected chi connectivity index (χ2v) is 9.65. The van der Waals surface area contributed by atoms with Crippen LogP contribution in [0.2, 0.25) is 0 Å². The maximum atomic E-state index is 12.9. The fourth-order valence-electron chi connectivity index (χ4n) is 3.57. The first-order valence-corrected chi connectivity index (χ1v) is 12.1. The van der Waals surface area contributed by atoms with Crippen LogP contribution in [0.1, 0.15) is 28.4 Å². The lowest BCUT2D eigenvalue weighted by Gasteiger charge is -2.26. The van der Waals surface area contributed by atoms with Gasteiger partial charge >= 0.3 is 0 Å². The van der Waals surface area contributed by atoms with E-state index in [1.807, 2.05) is 12.1 Å². The third-order valence-corrected chi connectivity index (χ3v) is 7.30. The molecule has 1 aromatic heterocycles. The Kier molecular flexibility index (Phi) is 6.57. The average Bonchev–Trinajstić information content (AvgIpc) is 3.26. The van der Waals surface area contributed by atoms with Gasteiger partial charge in [0.25, 0.3) is 5.91 Å². The van der Waals surface area contributed by atoms with E-state index in [1.54, 1.807) is 23.0 Å². The van der Waals surface area contributed by atoms with Gasteiger partial charge in [0.05, 0.1) is 24.2 Å². The number of piperazine rings is 1. The van der Waals surface area contributed by atoms with Crippen molar-refractivity contribution < 1.29 is 18.0 Å². The predicted molar refractivity (Wildman–Crippen MR) is 123 cm³/mol. The van der Waals surface area contributed by atoms with Crippen molar-refractivity contribution in [1.82, 2.24) is 19.4 Å². The van der Waals surface area contributed by atoms with Crippen molar-refractivity contribution in [3.63, 3.8) is 0 Å². The van der Waals surface area contributed by atoms with Crippen LogP contribution in [0, 0.1) is 0 Å². The molecular formula is C23H25N5O4S. The summed E-state index contributed by atoms with van der Waals surface area (Å²) < 4.78 is 28.6. The summed E-state index contributed by atoms with van der Waals surface area (Å²) in [6.45, 7) is 2.78. The zero-order chi connectivity index (χ0) is 23.4. The predicted octanol–water partition coefficient (Wildman–Crippen LogP) is 1.87. The summed E-state index contributed by atoms with van der Waals surface area (Å²) in [5.41, 5.74) is 2.48. The first-order chi connectivity index (χ1) is 15.9. The number of aromatic nitrogens is 2. The van der Waals surface area contributed by atoms with Crippen molar-refractivity contribution in [3.05, 3.63) is 77.5 Å². The quantitative estimate of drug-likeness (QED) is 0.551. The minimum absolute atomic E-state index is 0.0330. The molecule has 2 aromatic carbocycles. The number of anilines is 1. The molecule has 2 N–H and O–H groups in total. The van der Waals surface area contributed by atoms with Crippen LogP contribution < -0.4 is 10.6 Å². The number of hydrogen-bond acceptors (Lipinski definition) is 5. The zero-order valence-electron chi connectivity index (χ0n) is 18.2. The maximum absolute atomic E-state index is 12.9. The Hall–Kier alpha value is -3.50. The molecule has 1 saturated heterocycles. The highest BCUT2D eigenvalue weighted by Crippen LogP contribution is 2.19. The lowest BCUT2D eigenvalue weighted by Crippen LogP contribution is -2.49. The topological polar surface area (TPSA) is 113 Å². The molecule has 0 aliphatic carbocycles. The van der Waals surface area contributed by atoms with E-state index in [1.165, 1.54) is 23.8 Å². The number of benzene rings is 2. The van der Waals surface area contributed by atoms with Crippen molar-refractivity contribution in [2.24, 2.45) is 0 Å². The van der Waals surface area contributed by atoms with Crippen LogP contribution in [0.15, 0.2) is 65.7 Å². The van der Waals surface area contributed by atoms with Gasteiger partial charge in [-0.3, -0.25) is 9.59 Å². The van der Waals surface area contributed by atoms with Crippen LogP contribution in [-0.4, -0.2) is 54.0 Å². The minimum Gasteiger partial charge on any atom is -0.354 e. The Morgan fingerprint density at radius 1 is 1.12 bits per heavy atom. The Bertz CT molecular complexity index is 1270. The van der Waals surface area contributed by atoms with Gasteiger partial charge in [0.2, 0.25) is 15.9 Å². The molecule has 1 aliphatic rings. The largest absolute Gasteiger partial charge is 0.354 e. The molecule has 10 heteroatoms. The second kappa shape index (κ2) is 9.55. The molecule has 33 heavy (non-hydrogen) atoms. The number of carbonyl (C=O) groups excluding carboxylic acids is 2. The summed E-state index contributed by atoms with van der Waals surface area (Å²) in [4.78, 5) is 24.5. The smallest absolute Gasteiger partial charge is 0.256 e. The van der Waals surface area contributed by atoms with Crippen LogP contribution in [-0.2, 0) is 27.8 Å². The van der Waals surface area contributed by atoms with E-state index in [9.17, 15) is 18.0 Å². The van der Waals surface area contributed by atoms with E-state index >= 15 is 0 Å². The molecule has 2 amide bonds. The third kappa shape index (κ3) is 5.12. The maximum Gasteiger partial charge on any atom is 0.256 e. The molecule has 1 aliphatic heterocycles. The number of sulfonamides is 1. The van der Waals surface area contributed by atoms with Gasteiger partial charge in [-0.25, -0.2) is 13.1 Å². The van der Waals surface area contributed by atoms with Gasteiger partial charge in [-0.05, 0) is 35.7 Å². The van der Waals surface area contributed by atoms with E-state index in [2.05, 4.69) is 34.8 Å². The molecule has 0 atom stereocenters. The van der Waals surface area contributed by atoms with Crippen molar-refractivity contribution in [1.29, 1.82) is 0 Å². The second-order valence-electron chi connectivity index (χ2n) is 7.71. The van der Waals surface area contributed by atoms with E-state index in [0.717, 1.165) is 16.3 Å². The summed E-state index contributed by atoms with van der Waals surface area (Å²) in [7, 11) is -3.89. The number of aryl methyl sites for hydroxylation is 1. The molecule has 0 spiro atoms. The highest BCUT2D eigenvalue weighted by molar-refractivity contribution is 7.89. The summed E-state index contributed by atoms with van der Waals surface area (Å²) in [6.07, 6.45) is 2.56. The van der Waals surface area contributed by atoms with Gasteiger partial charge in [0.1, 0.15) is 5.82 Å². The first-order valence-electron chi connectivity index (χ1n) is 10.6. The van der Waals surface area contributed by atoms with E-state index in [4.69, 9.17) is 0 Å². The van der Waals surface area contributed by atoms with Gasteiger partial charge in [-0.2, -0.15) is 9.40 Å². The summed E-state index contributed by atoms with van der Waals surface area (Å²) in [5.74, 6) is -0.302. The fraction of sp³-hybridized carbons (Fsp3) is 0.261. The zero-order valence-corrected chi connectivity index (χ0v) is 19.0. The van der Waals surface area contributed by atoms with Crippen LogP contribution in [0.3, 0.4) is 0 Å². The molecule has 4 rings (SSSR count). The van der Waals surface area contributed by atoms with Gasteiger partial charge in [-0.1, -0.05) is 37.3 Å². The molecular weight excluding hydrogens is 442 g/mol. The number of nitrogens with zero attached hydrogens (tertiary/aromatic N) is 3. The van der Waals surface area contributed by atoms with Crippen LogP contribution >= 0.6 is 0 Å². The Labute approximate surface area is 192 Å². The minimum atomic E-state index is -3.89. The highest BCUT2D eigenvalue weighted by Gasteiger charge is 2.29. The van der Waals surface area contributed by atoms with Crippen molar-refractivity contribution >= 4 is 27.7 Å². The lowest BCUT2D eigenvalue weighted by molar-refractivity contribution is -0.122. The molecule has 0 unspecified atom stereocenters. The Balaban J connectivity index is 1.50. The average molecular weight is 468 g/mol. The van der Waals surface area contributed by atoms with Gasteiger partial charge in [0.15, 0.2) is 0 Å². The Morgan fingerprint density at radius 3 is 2.61 bits per heavy atom. The van der Waals surface area contributed by atoms with Crippen LogP contribution in [0.25, 0.3) is 0 Å². The number of rotatable bonds is 7. The van der Waals surface area contributed by atoms with E-state index < -0.39 is 15.9 Å². The Morgan fingerprint density at radius 2 is 1.88 bits per heavy atom. The molecule has 0 radical (unpaired) electrons. The van der Waals surface area contributed by atoms with Gasteiger partial charge in [0, 0.05) is 24.7 Å². The van der Waals surface area contributed by atoms with Crippen molar-refractivity contribution in [3.8, 4) is 0 Å². The SMILES string of the molecule is CCc1ccc(Cn2nccc2NC(=O)c2cccc(S(=O)(=O)N3CCNC(=O)C3)c2)cc1. The monoisotopic (exact) mass is 467 g/mol. The van der Waals surface area contributed by atoms with Crippen LogP contribution in [0.4, 0.5) is 5.82 Å². The molecule has 0 saturated carbocycles. The summed E-state index contributed by atoms with van der Waals surface area (Å²) in [5, 5.41) is 9.69. The molecule has 2 heterocycles. The molecule has 0 bridgehead atoms. The lowest BCUT2D eigenvalue weighted by atomic mass is 10.1. The van der Waals surface area contributed by atoms with E-state index in [-0.39, 0.29) is 36.0 Å². The molecule has 9 nitrogen and oxygen atoms in total. The van der Waals surface area contributed by atoms with Gasteiger partial charge in [-0.15, -0.1) is 0 Å². The number of hydrogen-bond donors (Lipinski definition) is 2. The van der Waals surface area contributed by atoms with E-state index in [0.29, 0.717) is 12.4 Å². The number of carbonyl (C=O) groups is 2. The standard InChI is InChI=1S/C23H25N5O4S/c1-2-17-6-8-18(9-7-17)15-28-21(10-11-25-28)26-23(30)19-4-3-5-20(14-19)33(31,32)27-13-12-24-22(29)16-27/h3-11,14H,2,12-13,15-16H2,1H3,(H,24,29)(H,26,30).